The lowest BCUT2D eigenvalue weighted by Gasteiger charge is -2.12. The standard InChI is InChI=1S/C16H19N7O/c1-11-10-12(19-16(18-11)22(2)3)15(24)17-8-7-14-21-20-13-6-4-5-9-23(13)14/h4-6,9-10H,7-8H2,1-3H3,(H,17,24). The van der Waals surface area contributed by atoms with Crippen molar-refractivity contribution >= 4 is 17.5 Å². The zero-order chi connectivity index (χ0) is 17.1. The van der Waals surface area contributed by atoms with E-state index in [0.29, 0.717) is 24.6 Å². The molecule has 1 amide bonds. The highest BCUT2D eigenvalue weighted by molar-refractivity contribution is 5.92. The number of carbonyl (C=O) groups is 1. The highest BCUT2D eigenvalue weighted by Crippen LogP contribution is 2.07. The molecule has 3 aromatic heterocycles. The van der Waals surface area contributed by atoms with E-state index in [4.69, 9.17) is 0 Å². The molecule has 1 N–H and O–H groups in total. The van der Waals surface area contributed by atoms with Gasteiger partial charge in [-0.15, -0.1) is 10.2 Å². The molecular formula is C16H19N7O. The van der Waals surface area contributed by atoms with Crippen LogP contribution in [0.4, 0.5) is 5.95 Å². The molecule has 8 nitrogen and oxygen atoms in total. The van der Waals surface area contributed by atoms with Crippen molar-refractivity contribution in [3.05, 3.63) is 47.7 Å². The smallest absolute Gasteiger partial charge is 0.270 e. The van der Waals surface area contributed by atoms with Gasteiger partial charge in [-0.3, -0.25) is 9.20 Å². The number of pyridine rings is 1. The number of amides is 1. The second-order valence-electron chi connectivity index (χ2n) is 5.64. The highest BCUT2D eigenvalue weighted by atomic mass is 16.1. The van der Waals surface area contributed by atoms with Crippen molar-refractivity contribution in [1.82, 2.24) is 29.9 Å². The van der Waals surface area contributed by atoms with Crippen LogP contribution in [0.5, 0.6) is 0 Å². The third-order valence-electron chi connectivity index (χ3n) is 3.49. The van der Waals surface area contributed by atoms with Crippen LogP contribution in [0.2, 0.25) is 0 Å². The summed E-state index contributed by atoms with van der Waals surface area (Å²) in [7, 11) is 3.68. The second-order valence-corrected chi connectivity index (χ2v) is 5.64. The Balaban J connectivity index is 1.65. The fraction of sp³-hybridized carbons (Fsp3) is 0.312. The molecular weight excluding hydrogens is 306 g/mol. The molecule has 3 aromatic rings. The van der Waals surface area contributed by atoms with Gasteiger partial charge in [0, 0.05) is 39.0 Å². The fourth-order valence-electron chi connectivity index (χ4n) is 2.31. The summed E-state index contributed by atoms with van der Waals surface area (Å²) in [5.41, 5.74) is 1.90. The summed E-state index contributed by atoms with van der Waals surface area (Å²) in [6, 6.07) is 7.40. The van der Waals surface area contributed by atoms with Gasteiger partial charge in [0.1, 0.15) is 11.5 Å². The Hall–Kier alpha value is -3.03. The van der Waals surface area contributed by atoms with E-state index < -0.39 is 0 Å². The monoisotopic (exact) mass is 325 g/mol. The van der Waals surface area contributed by atoms with Gasteiger partial charge in [-0.1, -0.05) is 6.07 Å². The predicted octanol–water partition coefficient (Wildman–Crippen LogP) is 0.866. The van der Waals surface area contributed by atoms with E-state index in [0.717, 1.165) is 17.2 Å². The molecule has 0 unspecified atom stereocenters. The van der Waals surface area contributed by atoms with Gasteiger partial charge in [0.05, 0.1) is 0 Å². The van der Waals surface area contributed by atoms with E-state index in [1.54, 1.807) is 11.0 Å². The predicted molar refractivity (Wildman–Crippen MR) is 90.1 cm³/mol. The molecule has 0 saturated heterocycles. The fourth-order valence-corrected chi connectivity index (χ4v) is 2.31. The van der Waals surface area contributed by atoms with Crippen molar-refractivity contribution in [2.75, 3.05) is 25.5 Å². The SMILES string of the molecule is Cc1cc(C(=O)NCCc2nnc3ccccn23)nc(N(C)C)n1. The number of rotatable bonds is 5. The summed E-state index contributed by atoms with van der Waals surface area (Å²) in [5.74, 6) is 1.10. The van der Waals surface area contributed by atoms with Gasteiger partial charge in [0.25, 0.3) is 5.91 Å². The summed E-state index contributed by atoms with van der Waals surface area (Å²) in [5, 5.41) is 11.1. The van der Waals surface area contributed by atoms with Crippen LogP contribution in [-0.4, -0.2) is 51.1 Å². The molecule has 0 radical (unpaired) electrons. The number of aromatic nitrogens is 5. The zero-order valence-corrected chi connectivity index (χ0v) is 13.9. The number of anilines is 1. The molecule has 0 aliphatic carbocycles. The summed E-state index contributed by atoms with van der Waals surface area (Å²) < 4.78 is 1.91. The minimum absolute atomic E-state index is 0.225. The number of carbonyl (C=O) groups excluding carboxylic acids is 1. The molecule has 0 aromatic carbocycles. The zero-order valence-electron chi connectivity index (χ0n) is 13.9. The van der Waals surface area contributed by atoms with Gasteiger partial charge in [0.2, 0.25) is 5.95 Å². The van der Waals surface area contributed by atoms with E-state index >= 15 is 0 Å². The van der Waals surface area contributed by atoms with Crippen molar-refractivity contribution in [3.8, 4) is 0 Å². The van der Waals surface area contributed by atoms with E-state index in [9.17, 15) is 4.79 Å². The highest BCUT2D eigenvalue weighted by Gasteiger charge is 2.12. The third-order valence-corrected chi connectivity index (χ3v) is 3.49. The maximum absolute atomic E-state index is 12.3. The molecule has 0 aliphatic heterocycles. The average Bonchev–Trinajstić information content (AvgIpc) is 2.97. The van der Waals surface area contributed by atoms with Crippen molar-refractivity contribution in [1.29, 1.82) is 0 Å². The topological polar surface area (TPSA) is 88.3 Å². The van der Waals surface area contributed by atoms with Crippen LogP contribution >= 0.6 is 0 Å². The third kappa shape index (κ3) is 3.32. The molecule has 0 saturated carbocycles. The lowest BCUT2D eigenvalue weighted by molar-refractivity contribution is 0.0949. The normalized spacial score (nSPS) is 10.8. The number of nitrogens with one attached hydrogen (secondary N) is 1. The second kappa shape index (κ2) is 6.61. The summed E-state index contributed by atoms with van der Waals surface area (Å²) in [6.45, 7) is 2.29. The number of hydrogen-bond acceptors (Lipinski definition) is 6. The molecule has 0 bridgehead atoms. The van der Waals surface area contributed by atoms with E-state index in [2.05, 4.69) is 25.5 Å². The molecule has 3 heterocycles. The van der Waals surface area contributed by atoms with Gasteiger partial charge < -0.3 is 10.2 Å². The summed E-state index contributed by atoms with van der Waals surface area (Å²) in [6.07, 6.45) is 2.49. The van der Waals surface area contributed by atoms with Crippen molar-refractivity contribution in [2.45, 2.75) is 13.3 Å². The van der Waals surface area contributed by atoms with Crippen LogP contribution in [0.25, 0.3) is 5.65 Å². The van der Waals surface area contributed by atoms with Crippen molar-refractivity contribution in [3.63, 3.8) is 0 Å². The molecule has 124 valence electrons. The lowest BCUT2D eigenvalue weighted by Crippen LogP contribution is -2.28. The number of fused-ring (bicyclic) bond motifs is 1. The van der Waals surface area contributed by atoms with Crippen LogP contribution in [-0.2, 0) is 6.42 Å². The van der Waals surface area contributed by atoms with E-state index in [1.807, 2.05) is 49.8 Å². The molecule has 24 heavy (non-hydrogen) atoms. The quantitative estimate of drug-likeness (QED) is 0.749. The first-order chi connectivity index (χ1) is 11.5. The largest absolute Gasteiger partial charge is 0.350 e. The van der Waals surface area contributed by atoms with Crippen LogP contribution in [0.3, 0.4) is 0 Å². The van der Waals surface area contributed by atoms with Crippen molar-refractivity contribution < 1.29 is 4.79 Å². The van der Waals surface area contributed by atoms with Crippen LogP contribution < -0.4 is 10.2 Å². The number of aryl methyl sites for hydroxylation is 1. The van der Waals surface area contributed by atoms with Gasteiger partial charge in [-0.25, -0.2) is 9.97 Å². The Morgan fingerprint density at radius 2 is 2.08 bits per heavy atom. The molecule has 0 atom stereocenters. The van der Waals surface area contributed by atoms with Crippen LogP contribution in [0.15, 0.2) is 30.5 Å². The van der Waals surface area contributed by atoms with Gasteiger partial charge >= 0.3 is 0 Å². The van der Waals surface area contributed by atoms with Crippen LogP contribution in [0, 0.1) is 6.92 Å². The average molecular weight is 325 g/mol. The van der Waals surface area contributed by atoms with E-state index in [1.165, 1.54) is 0 Å². The first kappa shape index (κ1) is 15.9. The Labute approximate surface area is 139 Å². The van der Waals surface area contributed by atoms with Gasteiger partial charge in [-0.2, -0.15) is 0 Å². The minimum atomic E-state index is -0.225. The number of hydrogen-bond donors (Lipinski definition) is 1. The first-order valence-corrected chi connectivity index (χ1v) is 7.64. The van der Waals surface area contributed by atoms with Crippen LogP contribution in [0.1, 0.15) is 22.0 Å². The van der Waals surface area contributed by atoms with E-state index in [-0.39, 0.29) is 5.91 Å². The lowest BCUT2D eigenvalue weighted by atomic mass is 10.3. The van der Waals surface area contributed by atoms with Crippen molar-refractivity contribution in [2.24, 2.45) is 0 Å². The summed E-state index contributed by atoms with van der Waals surface area (Å²) in [4.78, 5) is 22.6. The maximum Gasteiger partial charge on any atom is 0.270 e. The Kier molecular flexibility index (Phi) is 4.37. The molecule has 0 fully saturated rings. The Bertz CT molecular complexity index is 872. The maximum atomic E-state index is 12.3. The minimum Gasteiger partial charge on any atom is -0.350 e. The summed E-state index contributed by atoms with van der Waals surface area (Å²) >= 11 is 0. The first-order valence-electron chi connectivity index (χ1n) is 7.64. The molecule has 0 aliphatic rings. The molecule has 0 spiro atoms. The number of nitrogens with zero attached hydrogens (tertiary/aromatic N) is 6. The molecule has 8 heteroatoms. The Morgan fingerprint density at radius 3 is 2.88 bits per heavy atom. The van der Waals surface area contributed by atoms with Gasteiger partial charge in [0.15, 0.2) is 5.65 Å². The van der Waals surface area contributed by atoms with Gasteiger partial charge in [-0.05, 0) is 25.1 Å². The Morgan fingerprint density at radius 1 is 1.25 bits per heavy atom. The molecule has 3 rings (SSSR count).